The van der Waals surface area contributed by atoms with E-state index in [0.29, 0.717) is 11.6 Å². The van der Waals surface area contributed by atoms with Crippen LogP contribution >= 0.6 is 0 Å². The van der Waals surface area contributed by atoms with Crippen LogP contribution in [0.5, 0.6) is 0 Å². The third-order valence-corrected chi connectivity index (χ3v) is 3.46. The Labute approximate surface area is 112 Å². The molecule has 1 saturated heterocycles. The fraction of sp³-hybridized carbons (Fsp3) is 0.400. The van der Waals surface area contributed by atoms with Gasteiger partial charge in [0.2, 0.25) is 0 Å². The molecule has 0 bridgehead atoms. The summed E-state index contributed by atoms with van der Waals surface area (Å²) in [4.78, 5) is 12.7. The van der Waals surface area contributed by atoms with Crippen molar-refractivity contribution in [3.8, 4) is 0 Å². The maximum atomic E-state index is 13.6. The summed E-state index contributed by atoms with van der Waals surface area (Å²) in [5.41, 5.74) is 1.41. The molecular formula is C15H18FNO2. The zero-order chi connectivity index (χ0) is 13.8. The van der Waals surface area contributed by atoms with Gasteiger partial charge in [-0.2, -0.15) is 0 Å². The van der Waals surface area contributed by atoms with E-state index in [4.69, 9.17) is 5.11 Å². The van der Waals surface area contributed by atoms with Gasteiger partial charge in [0.05, 0.1) is 0 Å². The van der Waals surface area contributed by atoms with E-state index >= 15 is 0 Å². The minimum absolute atomic E-state index is 0.333. The number of carboxylic acids is 1. The molecule has 0 aromatic heterocycles. The lowest BCUT2D eigenvalue weighted by Gasteiger charge is -2.35. The van der Waals surface area contributed by atoms with Crippen LogP contribution in [0, 0.1) is 5.82 Å². The van der Waals surface area contributed by atoms with Gasteiger partial charge in [-0.15, -0.1) is 0 Å². The Hall–Kier alpha value is -1.84. The van der Waals surface area contributed by atoms with Crippen LogP contribution in [0.3, 0.4) is 0 Å². The first-order valence-corrected chi connectivity index (χ1v) is 6.54. The molecular weight excluding hydrogens is 245 g/mol. The molecule has 0 spiro atoms. The Kier molecular flexibility index (Phi) is 4.20. The van der Waals surface area contributed by atoms with Gasteiger partial charge in [-0.3, -0.25) is 0 Å². The van der Waals surface area contributed by atoms with Crippen LogP contribution in [0.25, 0.3) is 6.08 Å². The Morgan fingerprint density at radius 3 is 2.89 bits per heavy atom. The van der Waals surface area contributed by atoms with Gasteiger partial charge in [-0.25, -0.2) is 9.18 Å². The molecule has 1 aromatic rings. The summed E-state index contributed by atoms with van der Waals surface area (Å²) in [5, 5.41) is 8.61. The molecule has 0 saturated carbocycles. The molecule has 1 heterocycles. The first-order chi connectivity index (χ1) is 9.06. The van der Waals surface area contributed by atoms with E-state index in [1.807, 2.05) is 6.07 Å². The second kappa shape index (κ2) is 5.87. The van der Waals surface area contributed by atoms with Crippen LogP contribution in [0.1, 0.15) is 31.7 Å². The summed E-state index contributed by atoms with van der Waals surface area (Å²) in [7, 11) is 0. The molecule has 0 radical (unpaired) electrons. The standard InChI is InChI=1S/C15H18FNO2/c1-11-4-2-3-7-17(11)14-9-12(5-6-15(18)19)8-13(16)10-14/h5-6,8-11H,2-4,7H2,1H3,(H,18,19)/b6-5+. The smallest absolute Gasteiger partial charge is 0.328 e. The second-order valence-corrected chi connectivity index (χ2v) is 4.95. The maximum absolute atomic E-state index is 13.6. The molecule has 102 valence electrons. The van der Waals surface area contributed by atoms with Crippen LogP contribution in [0.4, 0.5) is 10.1 Å². The van der Waals surface area contributed by atoms with Crippen LogP contribution in [-0.2, 0) is 4.79 Å². The molecule has 1 aromatic carbocycles. The molecule has 1 unspecified atom stereocenters. The minimum atomic E-state index is -1.03. The Balaban J connectivity index is 2.27. The summed E-state index contributed by atoms with van der Waals surface area (Å²) in [6, 6.07) is 5.09. The van der Waals surface area contributed by atoms with Crippen LogP contribution in [0.15, 0.2) is 24.3 Å². The average Bonchev–Trinajstić information content (AvgIpc) is 2.36. The second-order valence-electron chi connectivity index (χ2n) is 4.95. The van der Waals surface area contributed by atoms with Gasteiger partial charge >= 0.3 is 5.97 Å². The summed E-state index contributed by atoms with van der Waals surface area (Å²) >= 11 is 0. The number of hydrogen-bond donors (Lipinski definition) is 1. The highest BCUT2D eigenvalue weighted by molar-refractivity contribution is 5.85. The molecule has 3 nitrogen and oxygen atoms in total. The Morgan fingerprint density at radius 1 is 1.42 bits per heavy atom. The molecule has 0 amide bonds. The lowest BCUT2D eigenvalue weighted by atomic mass is 10.0. The van der Waals surface area contributed by atoms with E-state index in [1.54, 1.807) is 0 Å². The van der Waals surface area contributed by atoms with Crippen molar-refractivity contribution in [3.05, 3.63) is 35.7 Å². The largest absolute Gasteiger partial charge is 0.478 e. The fourth-order valence-electron chi connectivity index (χ4n) is 2.51. The van der Waals surface area contributed by atoms with E-state index < -0.39 is 5.97 Å². The van der Waals surface area contributed by atoms with Gasteiger partial charge in [-0.1, -0.05) is 0 Å². The molecule has 2 rings (SSSR count). The van der Waals surface area contributed by atoms with Crippen molar-refractivity contribution >= 4 is 17.7 Å². The summed E-state index contributed by atoms with van der Waals surface area (Å²) in [5.74, 6) is -1.36. The van der Waals surface area contributed by atoms with Gasteiger partial charge in [0.15, 0.2) is 0 Å². The number of nitrogens with zero attached hydrogens (tertiary/aromatic N) is 1. The number of hydrogen-bond acceptors (Lipinski definition) is 2. The van der Waals surface area contributed by atoms with Crippen LogP contribution < -0.4 is 4.90 Å². The highest BCUT2D eigenvalue weighted by Gasteiger charge is 2.19. The molecule has 19 heavy (non-hydrogen) atoms. The number of halogens is 1. The van der Waals surface area contributed by atoms with Crippen LogP contribution in [0.2, 0.25) is 0 Å². The zero-order valence-corrected chi connectivity index (χ0v) is 11.0. The lowest BCUT2D eigenvalue weighted by molar-refractivity contribution is -0.131. The van der Waals surface area contributed by atoms with Gasteiger partial charge in [0.1, 0.15) is 5.82 Å². The van der Waals surface area contributed by atoms with Crippen molar-refractivity contribution in [1.29, 1.82) is 0 Å². The van der Waals surface area contributed by atoms with Gasteiger partial charge < -0.3 is 10.0 Å². The predicted molar refractivity (Wildman–Crippen MR) is 73.7 cm³/mol. The minimum Gasteiger partial charge on any atom is -0.478 e. The monoisotopic (exact) mass is 263 g/mol. The Morgan fingerprint density at radius 2 is 2.21 bits per heavy atom. The van der Waals surface area contributed by atoms with Crippen molar-refractivity contribution in [2.24, 2.45) is 0 Å². The third kappa shape index (κ3) is 3.56. The molecule has 0 aliphatic carbocycles. The van der Waals surface area contributed by atoms with E-state index in [9.17, 15) is 9.18 Å². The van der Waals surface area contributed by atoms with E-state index in [2.05, 4.69) is 11.8 Å². The molecule has 1 aliphatic rings. The SMILES string of the molecule is CC1CCCCN1c1cc(F)cc(/C=C/C(=O)O)c1. The number of carbonyl (C=O) groups is 1. The zero-order valence-electron chi connectivity index (χ0n) is 11.0. The van der Waals surface area contributed by atoms with E-state index in [0.717, 1.165) is 31.1 Å². The third-order valence-electron chi connectivity index (χ3n) is 3.46. The van der Waals surface area contributed by atoms with Gasteiger partial charge in [-0.05, 0) is 56.0 Å². The maximum Gasteiger partial charge on any atom is 0.328 e. The summed E-state index contributed by atoms with van der Waals surface area (Å²) in [6.07, 6.45) is 5.87. The Bertz CT molecular complexity index is 499. The molecule has 1 fully saturated rings. The first-order valence-electron chi connectivity index (χ1n) is 6.54. The molecule has 1 atom stereocenters. The first kappa shape index (κ1) is 13.6. The molecule has 1 N–H and O–H groups in total. The average molecular weight is 263 g/mol. The number of piperidine rings is 1. The number of anilines is 1. The predicted octanol–water partition coefficient (Wildman–Crippen LogP) is 3.30. The normalized spacial score (nSPS) is 19.9. The van der Waals surface area contributed by atoms with E-state index in [-0.39, 0.29) is 5.82 Å². The van der Waals surface area contributed by atoms with Crippen LogP contribution in [-0.4, -0.2) is 23.7 Å². The molecule has 4 heteroatoms. The van der Waals surface area contributed by atoms with Crippen molar-refractivity contribution in [3.63, 3.8) is 0 Å². The number of rotatable bonds is 3. The van der Waals surface area contributed by atoms with Gasteiger partial charge in [0, 0.05) is 24.4 Å². The summed E-state index contributed by atoms with van der Waals surface area (Å²) in [6.45, 7) is 3.06. The quantitative estimate of drug-likeness (QED) is 0.851. The number of benzene rings is 1. The number of aliphatic carboxylic acids is 1. The van der Waals surface area contributed by atoms with Crippen molar-refractivity contribution in [2.45, 2.75) is 32.2 Å². The summed E-state index contributed by atoms with van der Waals surface area (Å²) < 4.78 is 13.6. The van der Waals surface area contributed by atoms with E-state index in [1.165, 1.54) is 24.6 Å². The van der Waals surface area contributed by atoms with Crippen molar-refractivity contribution < 1.29 is 14.3 Å². The molecule has 1 aliphatic heterocycles. The number of carboxylic acid groups (broad SMARTS) is 1. The lowest BCUT2D eigenvalue weighted by Crippen LogP contribution is -2.37. The topological polar surface area (TPSA) is 40.5 Å². The van der Waals surface area contributed by atoms with Crippen molar-refractivity contribution in [1.82, 2.24) is 0 Å². The highest BCUT2D eigenvalue weighted by Crippen LogP contribution is 2.26. The van der Waals surface area contributed by atoms with Gasteiger partial charge in [0.25, 0.3) is 0 Å². The fourth-order valence-corrected chi connectivity index (χ4v) is 2.51. The van der Waals surface area contributed by atoms with Crippen molar-refractivity contribution in [2.75, 3.05) is 11.4 Å². The highest BCUT2D eigenvalue weighted by atomic mass is 19.1.